The number of nitrogens with two attached hydrogens (primary N) is 1. The van der Waals surface area contributed by atoms with E-state index in [4.69, 9.17) is 5.73 Å². The monoisotopic (exact) mass is 426 g/mol. The second kappa shape index (κ2) is 10.9. The zero-order valence-corrected chi connectivity index (χ0v) is 17.8. The van der Waals surface area contributed by atoms with Crippen LogP contribution < -0.4 is 21.8 Å². The normalized spacial score (nSPS) is 27.8. The highest BCUT2D eigenvalue weighted by Crippen LogP contribution is 2.43. The Balaban J connectivity index is 2.13. The molecule has 2 aliphatic rings. The first-order chi connectivity index (χ1) is 14.2. The van der Waals surface area contributed by atoms with Crippen LogP contribution in [0.1, 0.15) is 58.8 Å². The molecule has 30 heavy (non-hydrogen) atoms. The Morgan fingerprint density at radius 1 is 1.33 bits per heavy atom. The molecular weight excluding hydrogens is 391 g/mol. The van der Waals surface area contributed by atoms with Crippen molar-refractivity contribution in [3.05, 3.63) is 10.1 Å². The number of nitro groups is 1. The molecule has 2 rings (SSSR count). The van der Waals surface area contributed by atoms with Gasteiger partial charge in [0.2, 0.25) is 5.91 Å². The van der Waals surface area contributed by atoms with Crippen LogP contribution in [-0.2, 0) is 4.79 Å². The molecular formula is C18H35BN6O5. The second-order valence-corrected chi connectivity index (χ2v) is 8.72. The van der Waals surface area contributed by atoms with Gasteiger partial charge < -0.3 is 21.1 Å². The number of guanidine groups is 1. The van der Waals surface area contributed by atoms with Crippen molar-refractivity contribution in [2.75, 3.05) is 6.54 Å². The van der Waals surface area contributed by atoms with Gasteiger partial charge in [-0.25, -0.2) is 15.1 Å². The van der Waals surface area contributed by atoms with Crippen LogP contribution in [0, 0.1) is 22.0 Å². The van der Waals surface area contributed by atoms with Gasteiger partial charge in [0.05, 0.1) is 0 Å². The Hall–Kier alpha value is -1.92. The Morgan fingerprint density at radius 2 is 2.00 bits per heavy atom. The molecule has 2 fully saturated rings. The molecule has 1 amide bonds. The molecule has 0 spiro atoms. The van der Waals surface area contributed by atoms with E-state index < -0.39 is 17.7 Å². The van der Waals surface area contributed by atoms with E-state index in [1.165, 1.54) is 0 Å². The number of hydrogen-bond donors (Lipinski definition) is 6. The minimum Gasteiger partial charge on any atom is -0.427 e. The summed E-state index contributed by atoms with van der Waals surface area (Å²) in [5.74, 6) is -0.297. The van der Waals surface area contributed by atoms with E-state index in [2.05, 4.69) is 15.6 Å². The lowest BCUT2D eigenvalue weighted by molar-refractivity contribution is -0.525. The lowest BCUT2D eigenvalue weighted by Crippen LogP contribution is -2.52. The molecule has 3 unspecified atom stereocenters. The van der Waals surface area contributed by atoms with Crippen molar-refractivity contribution >= 4 is 19.0 Å². The molecule has 1 heterocycles. The van der Waals surface area contributed by atoms with E-state index in [9.17, 15) is 25.0 Å². The summed E-state index contributed by atoms with van der Waals surface area (Å²) in [4.78, 5) is 27.9. The molecule has 170 valence electrons. The van der Waals surface area contributed by atoms with E-state index in [0.717, 1.165) is 38.5 Å². The molecule has 1 saturated heterocycles. The highest BCUT2D eigenvalue weighted by molar-refractivity contribution is 6.41. The Bertz CT molecular complexity index is 634. The fraction of sp³-hybridized carbons (Fsp3) is 0.889. The molecule has 0 aromatic carbocycles. The van der Waals surface area contributed by atoms with Gasteiger partial charge in [-0.1, -0.05) is 45.0 Å². The van der Waals surface area contributed by atoms with Crippen LogP contribution in [0.15, 0.2) is 4.99 Å². The molecule has 11 nitrogen and oxygen atoms in total. The number of amides is 1. The fourth-order valence-corrected chi connectivity index (χ4v) is 4.53. The van der Waals surface area contributed by atoms with Crippen molar-refractivity contribution in [2.24, 2.45) is 22.6 Å². The van der Waals surface area contributed by atoms with Gasteiger partial charge in [-0.15, -0.1) is 0 Å². The van der Waals surface area contributed by atoms with Crippen LogP contribution in [-0.4, -0.2) is 58.2 Å². The van der Waals surface area contributed by atoms with Gasteiger partial charge >= 0.3 is 7.12 Å². The summed E-state index contributed by atoms with van der Waals surface area (Å²) in [6.45, 7) is 4.15. The van der Waals surface area contributed by atoms with Gasteiger partial charge in [-0.2, -0.15) is 0 Å². The zero-order valence-electron chi connectivity index (χ0n) is 17.8. The minimum absolute atomic E-state index is 0.0135. The van der Waals surface area contributed by atoms with Gasteiger partial charge in [0.15, 0.2) is 5.03 Å². The third-order valence-corrected chi connectivity index (χ3v) is 6.25. The number of nitrogens with zero attached hydrogens (tertiary/aromatic N) is 2. The Kier molecular flexibility index (Phi) is 8.86. The number of fused-ring (bicyclic) bond motifs is 1. The summed E-state index contributed by atoms with van der Waals surface area (Å²) in [7, 11) is -1.49. The summed E-state index contributed by atoms with van der Waals surface area (Å²) in [5.41, 5.74) is 6.63. The van der Waals surface area contributed by atoms with Crippen molar-refractivity contribution in [3.63, 3.8) is 0 Å². The second-order valence-electron chi connectivity index (χ2n) is 8.72. The number of carbonyl (C=O) groups is 1. The maximum Gasteiger partial charge on any atom is 0.453 e. The highest BCUT2D eigenvalue weighted by atomic mass is 16.7. The van der Waals surface area contributed by atoms with E-state index in [1.54, 1.807) is 0 Å². The average molecular weight is 426 g/mol. The largest absolute Gasteiger partial charge is 0.453 e. The summed E-state index contributed by atoms with van der Waals surface area (Å²) >= 11 is 0. The molecule has 1 aliphatic carbocycles. The predicted molar refractivity (Wildman–Crippen MR) is 114 cm³/mol. The molecule has 0 bridgehead atoms. The first-order valence-corrected chi connectivity index (χ1v) is 10.8. The number of rotatable bonds is 9. The third-order valence-electron chi connectivity index (χ3n) is 6.25. The highest BCUT2D eigenvalue weighted by Gasteiger charge is 2.63. The Labute approximate surface area is 177 Å². The zero-order chi connectivity index (χ0) is 22.3. The number of hydrazine groups is 1. The first-order valence-electron chi connectivity index (χ1n) is 10.8. The van der Waals surface area contributed by atoms with E-state index >= 15 is 0 Å². The van der Waals surface area contributed by atoms with E-state index in [-0.39, 0.29) is 48.7 Å². The number of hydrogen-bond acceptors (Lipinski definition) is 7. The number of aliphatic imine (C=N–C) groups is 1. The summed E-state index contributed by atoms with van der Waals surface area (Å²) in [5, 5.41) is 34.9. The van der Waals surface area contributed by atoms with Crippen molar-refractivity contribution in [3.8, 4) is 0 Å². The molecule has 1 saturated carbocycles. The molecule has 1 aliphatic heterocycles. The fourth-order valence-electron chi connectivity index (χ4n) is 4.53. The van der Waals surface area contributed by atoms with Gasteiger partial charge in [-0.3, -0.25) is 10.1 Å². The van der Waals surface area contributed by atoms with Crippen LogP contribution in [0.4, 0.5) is 0 Å². The van der Waals surface area contributed by atoms with Crippen LogP contribution >= 0.6 is 0 Å². The minimum atomic E-state index is -1.49. The number of carbonyl (C=O) groups excluding carboxylic acids is 1. The van der Waals surface area contributed by atoms with Crippen LogP contribution in [0.3, 0.4) is 0 Å². The molecule has 0 aromatic heterocycles. The van der Waals surface area contributed by atoms with Crippen molar-refractivity contribution in [1.82, 2.24) is 16.1 Å². The quantitative estimate of drug-likeness (QED) is 0.0729. The standard InChI is InChI=1S/C18H35BN6O5/c1-12(2)14(11-19(27)28)22-16(26)18-13(9-10-21-17(20)24-25(29)30)7-5-3-4-6-8-15(18)23-18/h12-15,23,27-28H,3-11H2,1-2H3,(H,22,26)(H3,20,21,24)/t13?,14-,15?,18?/m0/s1. The van der Waals surface area contributed by atoms with Crippen LogP contribution in [0.25, 0.3) is 0 Å². The van der Waals surface area contributed by atoms with Crippen molar-refractivity contribution in [1.29, 1.82) is 0 Å². The van der Waals surface area contributed by atoms with Gasteiger partial charge in [0, 0.05) is 24.9 Å². The molecule has 0 aromatic rings. The molecule has 4 atom stereocenters. The third kappa shape index (κ3) is 6.54. The first kappa shape index (κ1) is 24.4. The maximum absolute atomic E-state index is 13.4. The van der Waals surface area contributed by atoms with Gasteiger partial charge in [0.25, 0.3) is 5.96 Å². The topological polar surface area (TPSA) is 185 Å². The van der Waals surface area contributed by atoms with Crippen LogP contribution in [0.5, 0.6) is 0 Å². The summed E-state index contributed by atoms with van der Waals surface area (Å²) < 4.78 is 0. The predicted octanol–water partition coefficient (Wildman–Crippen LogP) is -0.233. The van der Waals surface area contributed by atoms with Crippen molar-refractivity contribution < 1.29 is 19.9 Å². The van der Waals surface area contributed by atoms with E-state index in [0.29, 0.717) is 6.42 Å². The SMILES string of the molecule is CC(C)[C@H](CB(O)O)NC(=O)C12NC1CCCCCCC2CCN=C(N)N[N+](=O)[O-]. The smallest absolute Gasteiger partial charge is 0.427 e. The summed E-state index contributed by atoms with van der Waals surface area (Å²) in [6.07, 6.45) is 6.71. The molecule has 0 radical (unpaired) electrons. The van der Waals surface area contributed by atoms with Crippen LogP contribution in [0.2, 0.25) is 6.32 Å². The van der Waals surface area contributed by atoms with Gasteiger partial charge in [-0.05, 0) is 31.1 Å². The van der Waals surface area contributed by atoms with E-state index in [1.807, 2.05) is 19.3 Å². The average Bonchev–Trinajstić information content (AvgIpc) is 3.35. The molecule has 12 heteroatoms. The molecule has 7 N–H and O–H groups in total. The lowest BCUT2D eigenvalue weighted by Gasteiger charge is -2.29. The van der Waals surface area contributed by atoms with Gasteiger partial charge in [0.1, 0.15) is 5.54 Å². The Morgan fingerprint density at radius 3 is 2.60 bits per heavy atom. The summed E-state index contributed by atoms with van der Waals surface area (Å²) in [6, 6.07) is -0.271. The maximum atomic E-state index is 13.4. The number of nitrogens with one attached hydrogen (secondary N) is 3. The van der Waals surface area contributed by atoms with Crippen molar-refractivity contribution in [2.45, 2.75) is 82.7 Å². The lowest BCUT2D eigenvalue weighted by atomic mass is 9.77.